The van der Waals surface area contributed by atoms with E-state index in [1.54, 1.807) is 6.07 Å². The van der Waals surface area contributed by atoms with Crippen molar-refractivity contribution in [3.8, 4) is 0 Å². The fourth-order valence-electron chi connectivity index (χ4n) is 2.80. The SMILES string of the molecule is CCC(C)c1cc(C(=O)NC2CCc3nc(C)cn3C2)on1. The molecule has 2 aromatic rings. The van der Waals surface area contributed by atoms with Crippen LogP contribution in [0.4, 0.5) is 0 Å². The second-order valence-electron chi connectivity index (χ2n) is 6.09. The quantitative estimate of drug-likeness (QED) is 0.941. The maximum absolute atomic E-state index is 12.3. The molecule has 6 nitrogen and oxygen atoms in total. The first-order valence-electron chi connectivity index (χ1n) is 7.87. The third-order valence-corrected chi connectivity index (χ3v) is 4.32. The van der Waals surface area contributed by atoms with Gasteiger partial charge in [-0.25, -0.2) is 4.98 Å². The highest BCUT2D eigenvalue weighted by Gasteiger charge is 2.23. The van der Waals surface area contributed by atoms with Crippen LogP contribution in [0.2, 0.25) is 0 Å². The normalized spacial score (nSPS) is 18.8. The summed E-state index contributed by atoms with van der Waals surface area (Å²) in [5.41, 5.74) is 1.86. The lowest BCUT2D eigenvalue weighted by Gasteiger charge is -2.24. The average molecular weight is 302 g/mol. The second kappa shape index (κ2) is 5.94. The standard InChI is InChI=1S/C16H22N4O2/c1-4-10(2)13-7-14(22-19-13)16(21)18-12-5-6-15-17-11(3)8-20(15)9-12/h7-8,10,12H,4-6,9H2,1-3H3,(H,18,21). The van der Waals surface area contributed by atoms with Crippen molar-refractivity contribution in [1.29, 1.82) is 0 Å². The average Bonchev–Trinajstić information content (AvgIpc) is 3.11. The highest BCUT2D eigenvalue weighted by Crippen LogP contribution is 2.19. The minimum Gasteiger partial charge on any atom is -0.351 e. The van der Waals surface area contributed by atoms with Gasteiger partial charge in [0.2, 0.25) is 5.76 Å². The van der Waals surface area contributed by atoms with Crippen molar-refractivity contribution in [2.45, 2.75) is 58.5 Å². The van der Waals surface area contributed by atoms with Crippen LogP contribution in [0.15, 0.2) is 16.8 Å². The number of imidazole rings is 1. The number of aromatic nitrogens is 3. The third kappa shape index (κ3) is 2.91. The molecule has 1 amide bonds. The van der Waals surface area contributed by atoms with E-state index < -0.39 is 0 Å². The van der Waals surface area contributed by atoms with Gasteiger partial charge in [0.15, 0.2) is 0 Å². The van der Waals surface area contributed by atoms with Crippen LogP contribution in [-0.2, 0) is 13.0 Å². The molecular formula is C16H22N4O2. The number of carbonyl (C=O) groups is 1. The summed E-state index contributed by atoms with van der Waals surface area (Å²) in [6.45, 7) is 6.91. The van der Waals surface area contributed by atoms with Crippen molar-refractivity contribution in [1.82, 2.24) is 20.0 Å². The van der Waals surface area contributed by atoms with Gasteiger partial charge in [-0.1, -0.05) is 19.0 Å². The zero-order chi connectivity index (χ0) is 15.7. The van der Waals surface area contributed by atoms with Crippen LogP contribution in [0.5, 0.6) is 0 Å². The first kappa shape index (κ1) is 14.8. The van der Waals surface area contributed by atoms with E-state index in [2.05, 4.69) is 33.9 Å². The molecule has 0 fully saturated rings. The molecule has 2 atom stereocenters. The van der Waals surface area contributed by atoms with E-state index in [0.717, 1.165) is 43.0 Å². The lowest BCUT2D eigenvalue weighted by atomic mass is 10.0. The lowest BCUT2D eigenvalue weighted by Crippen LogP contribution is -2.40. The van der Waals surface area contributed by atoms with Gasteiger partial charge in [-0.15, -0.1) is 0 Å². The zero-order valence-corrected chi connectivity index (χ0v) is 13.3. The Morgan fingerprint density at radius 3 is 3.18 bits per heavy atom. The predicted octanol–water partition coefficient (Wildman–Crippen LogP) is 2.44. The predicted molar refractivity (Wildman–Crippen MR) is 81.7 cm³/mol. The number of aryl methyl sites for hydroxylation is 2. The van der Waals surface area contributed by atoms with Crippen molar-refractivity contribution in [3.63, 3.8) is 0 Å². The Morgan fingerprint density at radius 2 is 2.41 bits per heavy atom. The monoisotopic (exact) mass is 302 g/mol. The Labute approximate surface area is 129 Å². The van der Waals surface area contributed by atoms with Crippen molar-refractivity contribution in [3.05, 3.63) is 35.2 Å². The van der Waals surface area contributed by atoms with E-state index in [-0.39, 0.29) is 11.9 Å². The maximum atomic E-state index is 12.3. The number of nitrogens with one attached hydrogen (secondary N) is 1. The second-order valence-corrected chi connectivity index (χ2v) is 6.09. The Hall–Kier alpha value is -2.11. The van der Waals surface area contributed by atoms with Gasteiger partial charge in [0.25, 0.3) is 5.91 Å². The lowest BCUT2D eigenvalue weighted by molar-refractivity contribution is 0.0890. The van der Waals surface area contributed by atoms with E-state index in [4.69, 9.17) is 4.52 Å². The molecule has 0 bridgehead atoms. The number of fused-ring (bicyclic) bond motifs is 1. The van der Waals surface area contributed by atoms with E-state index in [1.165, 1.54) is 0 Å². The van der Waals surface area contributed by atoms with Gasteiger partial charge in [0, 0.05) is 37.2 Å². The van der Waals surface area contributed by atoms with Crippen molar-refractivity contribution >= 4 is 5.91 Å². The number of carbonyl (C=O) groups excluding carboxylic acids is 1. The van der Waals surface area contributed by atoms with E-state index >= 15 is 0 Å². The summed E-state index contributed by atoms with van der Waals surface area (Å²) in [6.07, 6.45) is 4.78. The van der Waals surface area contributed by atoms with E-state index in [1.807, 2.05) is 13.1 Å². The smallest absolute Gasteiger partial charge is 0.290 e. The summed E-state index contributed by atoms with van der Waals surface area (Å²) < 4.78 is 7.30. The molecule has 0 aromatic carbocycles. The molecule has 1 aliphatic heterocycles. The molecule has 3 heterocycles. The highest BCUT2D eigenvalue weighted by molar-refractivity contribution is 5.91. The number of amides is 1. The zero-order valence-electron chi connectivity index (χ0n) is 13.3. The summed E-state index contributed by atoms with van der Waals surface area (Å²) >= 11 is 0. The van der Waals surface area contributed by atoms with Crippen molar-refractivity contribution in [2.24, 2.45) is 0 Å². The molecule has 3 rings (SSSR count). The minimum absolute atomic E-state index is 0.103. The Balaban J connectivity index is 1.64. The van der Waals surface area contributed by atoms with Gasteiger partial charge < -0.3 is 14.4 Å². The number of hydrogen-bond acceptors (Lipinski definition) is 4. The molecule has 22 heavy (non-hydrogen) atoms. The number of rotatable bonds is 4. The van der Waals surface area contributed by atoms with Gasteiger partial charge in [0.1, 0.15) is 5.82 Å². The molecule has 0 spiro atoms. The third-order valence-electron chi connectivity index (χ3n) is 4.32. The van der Waals surface area contributed by atoms with Crippen molar-refractivity contribution in [2.75, 3.05) is 0 Å². The molecule has 0 aliphatic carbocycles. The first-order chi connectivity index (χ1) is 10.6. The molecule has 0 saturated carbocycles. The van der Waals surface area contributed by atoms with Crippen LogP contribution in [0.3, 0.4) is 0 Å². The molecule has 0 saturated heterocycles. The van der Waals surface area contributed by atoms with Crippen LogP contribution in [-0.4, -0.2) is 26.7 Å². The Kier molecular flexibility index (Phi) is 4.00. The largest absolute Gasteiger partial charge is 0.351 e. The summed E-state index contributed by atoms with van der Waals surface area (Å²) in [7, 11) is 0. The molecule has 1 N–H and O–H groups in total. The van der Waals surface area contributed by atoms with Gasteiger partial charge in [-0.3, -0.25) is 4.79 Å². The number of nitrogens with zero attached hydrogens (tertiary/aromatic N) is 3. The molecular weight excluding hydrogens is 280 g/mol. The fourth-order valence-corrected chi connectivity index (χ4v) is 2.80. The molecule has 118 valence electrons. The molecule has 2 aromatic heterocycles. The van der Waals surface area contributed by atoms with Crippen LogP contribution in [0.25, 0.3) is 0 Å². The van der Waals surface area contributed by atoms with Crippen LogP contribution in [0.1, 0.15) is 60.4 Å². The number of hydrogen-bond donors (Lipinski definition) is 1. The summed E-state index contributed by atoms with van der Waals surface area (Å²) in [6, 6.07) is 1.85. The topological polar surface area (TPSA) is 73.0 Å². The molecule has 0 radical (unpaired) electrons. The van der Waals surface area contributed by atoms with Crippen LogP contribution in [0, 0.1) is 6.92 Å². The van der Waals surface area contributed by atoms with Crippen molar-refractivity contribution < 1.29 is 9.32 Å². The first-order valence-corrected chi connectivity index (χ1v) is 7.87. The van der Waals surface area contributed by atoms with Gasteiger partial charge >= 0.3 is 0 Å². The maximum Gasteiger partial charge on any atom is 0.290 e. The van der Waals surface area contributed by atoms with Gasteiger partial charge in [-0.05, 0) is 19.8 Å². The van der Waals surface area contributed by atoms with Crippen LogP contribution >= 0.6 is 0 Å². The van der Waals surface area contributed by atoms with E-state index in [0.29, 0.717) is 11.7 Å². The molecule has 2 unspecified atom stereocenters. The van der Waals surface area contributed by atoms with Gasteiger partial charge in [0.05, 0.1) is 11.4 Å². The fraction of sp³-hybridized carbons (Fsp3) is 0.562. The summed E-state index contributed by atoms with van der Waals surface area (Å²) in [4.78, 5) is 16.8. The molecule has 6 heteroatoms. The Bertz CT molecular complexity index is 673. The van der Waals surface area contributed by atoms with Crippen LogP contribution < -0.4 is 5.32 Å². The van der Waals surface area contributed by atoms with E-state index in [9.17, 15) is 4.79 Å². The Morgan fingerprint density at radius 1 is 1.59 bits per heavy atom. The minimum atomic E-state index is -0.188. The summed E-state index contributed by atoms with van der Waals surface area (Å²) in [5, 5.41) is 7.02. The molecule has 1 aliphatic rings. The van der Waals surface area contributed by atoms with Gasteiger partial charge in [-0.2, -0.15) is 0 Å². The summed E-state index contributed by atoms with van der Waals surface area (Å²) in [5.74, 6) is 1.51. The highest BCUT2D eigenvalue weighted by atomic mass is 16.5.